The van der Waals surface area contributed by atoms with E-state index in [4.69, 9.17) is 24.2 Å². The molecule has 210 valence electrons. The zero-order valence-corrected chi connectivity index (χ0v) is 25.6. The van der Waals surface area contributed by atoms with Crippen LogP contribution in [0.3, 0.4) is 0 Å². The highest BCUT2D eigenvalue weighted by Crippen LogP contribution is 2.24. The van der Waals surface area contributed by atoms with Gasteiger partial charge in [0.2, 0.25) is 0 Å². The zero-order chi connectivity index (χ0) is 29.1. The van der Waals surface area contributed by atoms with Crippen LogP contribution < -0.4 is 9.47 Å². The van der Waals surface area contributed by atoms with E-state index in [-0.39, 0.29) is 11.6 Å². The maximum atomic E-state index is 11.8. The van der Waals surface area contributed by atoms with E-state index in [9.17, 15) is 9.59 Å². The molecule has 0 bridgehead atoms. The van der Waals surface area contributed by atoms with Gasteiger partial charge in [0, 0.05) is 58.3 Å². The first kappa shape index (κ1) is 35.3. The number of ketones is 2. The Kier molecular flexibility index (Phi) is 18.8. The van der Waals surface area contributed by atoms with Gasteiger partial charge in [0.25, 0.3) is 0 Å². The summed E-state index contributed by atoms with van der Waals surface area (Å²) in [5.41, 5.74) is 5.45. The minimum absolute atomic E-state index is 0.103. The molecule has 0 spiro atoms. The number of hydrogen-bond acceptors (Lipinski definition) is 7. The lowest BCUT2D eigenvalue weighted by Crippen LogP contribution is -2.07. The number of rotatable bonds is 13. The third-order valence-electron chi connectivity index (χ3n) is 5.29. The second kappa shape index (κ2) is 20.3. The van der Waals surface area contributed by atoms with E-state index in [2.05, 4.69) is 15.9 Å². The number of carbonyl (C=O) groups excluding carboxylic acids is 2. The van der Waals surface area contributed by atoms with Gasteiger partial charge in [0.05, 0.1) is 24.6 Å². The van der Waals surface area contributed by atoms with Crippen molar-refractivity contribution in [3.63, 3.8) is 0 Å². The molecule has 8 heteroatoms. The second-order valence-corrected chi connectivity index (χ2v) is 9.15. The highest BCUT2D eigenvalue weighted by Gasteiger charge is 2.13. The van der Waals surface area contributed by atoms with Gasteiger partial charge in [-0.25, -0.2) is 0 Å². The first-order valence-corrected chi connectivity index (χ1v) is 13.6. The Morgan fingerprint density at radius 1 is 0.763 bits per heavy atom. The number of methoxy groups -OCH3 is 2. The minimum atomic E-state index is 0.103. The quantitative estimate of drug-likeness (QED) is 0.144. The molecule has 2 rings (SSSR count). The standard InChI is InChI=1S/C14H19BrO3.C14H20O3.C2H3N/c1-10-7-12(18-6-4-5-17-3)8-11(2)14(10)13(16)9-15;1-10-8-13(17-7-5-6-16-4)9-11(2)14(10)12(3)15;1-2-3/h7-8H,4-6,9H2,1-3H3;8-9H,5-7H2,1-4H3;1H3. The van der Waals surface area contributed by atoms with Crippen LogP contribution >= 0.6 is 15.9 Å². The largest absolute Gasteiger partial charge is 0.493 e. The Hall–Kier alpha value is -2.73. The third kappa shape index (κ3) is 13.2. The molecule has 0 aliphatic carbocycles. The number of benzene rings is 2. The molecule has 0 radical (unpaired) electrons. The molecule has 0 atom stereocenters. The molecular weight excluding hydrogens is 550 g/mol. The molecule has 0 aromatic heterocycles. The molecule has 0 N–H and O–H groups in total. The summed E-state index contributed by atoms with van der Waals surface area (Å²) in [6, 6.07) is 9.40. The van der Waals surface area contributed by atoms with Gasteiger partial charge >= 0.3 is 0 Å². The van der Waals surface area contributed by atoms with Crippen molar-refractivity contribution in [3.8, 4) is 17.6 Å². The van der Waals surface area contributed by atoms with E-state index >= 15 is 0 Å². The summed E-state index contributed by atoms with van der Waals surface area (Å²) in [6.07, 6.45) is 1.72. The van der Waals surface area contributed by atoms with Gasteiger partial charge in [-0.3, -0.25) is 9.59 Å². The van der Waals surface area contributed by atoms with Gasteiger partial charge in [0.1, 0.15) is 11.5 Å². The highest BCUT2D eigenvalue weighted by molar-refractivity contribution is 9.09. The smallest absolute Gasteiger partial charge is 0.173 e. The number of hydrogen-bond donors (Lipinski definition) is 0. The summed E-state index contributed by atoms with van der Waals surface area (Å²) in [7, 11) is 3.35. The van der Waals surface area contributed by atoms with E-state index < -0.39 is 0 Å². The summed E-state index contributed by atoms with van der Waals surface area (Å²) in [5, 5.41) is 7.67. The number of aryl methyl sites for hydroxylation is 4. The molecule has 0 aliphatic heterocycles. The SMILES string of the molecule is CC#N.COCCCOc1cc(C)c(C(=O)CBr)c(C)c1.COCCCOc1cc(C)c(C(C)=O)c(C)c1. The first-order valence-electron chi connectivity index (χ1n) is 12.4. The number of Topliss-reactive ketones (excluding diaryl/α,β-unsaturated/α-hetero) is 2. The van der Waals surface area contributed by atoms with Gasteiger partial charge in [-0.2, -0.15) is 5.26 Å². The predicted octanol–water partition coefficient (Wildman–Crippen LogP) is 6.75. The molecule has 0 saturated heterocycles. The van der Waals surface area contributed by atoms with Crippen molar-refractivity contribution in [3.05, 3.63) is 57.6 Å². The second-order valence-electron chi connectivity index (χ2n) is 8.59. The van der Waals surface area contributed by atoms with Crippen molar-refractivity contribution < 1.29 is 28.5 Å². The summed E-state index contributed by atoms with van der Waals surface area (Å²) in [6.45, 7) is 13.4. The number of alkyl halides is 1. The Balaban J connectivity index is 0.000000654. The topological polar surface area (TPSA) is 94.8 Å². The Bertz CT molecular complexity index is 1020. The van der Waals surface area contributed by atoms with Crippen molar-refractivity contribution in [2.75, 3.05) is 46.0 Å². The lowest BCUT2D eigenvalue weighted by atomic mass is 9.99. The van der Waals surface area contributed by atoms with Crippen LogP contribution in [0.5, 0.6) is 11.5 Å². The molecule has 0 saturated carbocycles. The summed E-state index contributed by atoms with van der Waals surface area (Å²) >= 11 is 3.20. The summed E-state index contributed by atoms with van der Waals surface area (Å²) in [4.78, 5) is 23.2. The Labute approximate surface area is 236 Å². The number of carbonyl (C=O) groups is 2. The number of nitrogens with zero attached hydrogens (tertiary/aromatic N) is 1. The van der Waals surface area contributed by atoms with Crippen molar-refractivity contribution in [2.45, 2.75) is 54.4 Å². The van der Waals surface area contributed by atoms with Crippen LogP contribution in [0.1, 0.15) is 69.7 Å². The summed E-state index contributed by atoms with van der Waals surface area (Å²) < 4.78 is 21.2. The first-order chi connectivity index (χ1) is 18.1. The fourth-order valence-corrected chi connectivity index (χ4v) is 4.14. The van der Waals surface area contributed by atoms with Crippen molar-refractivity contribution in [1.29, 1.82) is 5.26 Å². The molecule has 0 heterocycles. The number of ether oxygens (including phenoxy) is 4. The van der Waals surface area contributed by atoms with Gasteiger partial charge in [0.15, 0.2) is 11.6 Å². The van der Waals surface area contributed by atoms with Crippen LogP contribution in [0.2, 0.25) is 0 Å². The van der Waals surface area contributed by atoms with Gasteiger partial charge in [-0.1, -0.05) is 15.9 Å². The maximum absolute atomic E-state index is 11.8. The van der Waals surface area contributed by atoms with Crippen LogP contribution in [0, 0.1) is 39.0 Å². The van der Waals surface area contributed by atoms with Crippen molar-refractivity contribution >= 4 is 27.5 Å². The van der Waals surface area contributed by atoms with Crippen LogP contribution in [0.15, 0.2) is 24.3 Å². The monoisotopic (exact) mass is 591 g/mol. The Morgan fingerprint density at radius 3 is 1.39 bits per heavy atom. The molecule has 2 aromatic rings. The van der Waals surface area contributed by atoms with Crippen LogP contribution in [0.25, 0.3) is 0 Å². The average Bonchev–Trinajstić information content (AvgIpc) is 2.84. The maximum Gasteiger partial charge on any atom is 0.173 e. The van der Waals surface area contributed by atoms with E-state index in [1.807, 2.05) is 52.0 Å². The van der Waals surface area contributed by atoms with E-state index in [0.29, 0.717) is 31.8 Å². The molecule has 0 aliphatic rings. The molecule has 38 heavy (non-hydrogen) atoms. The average molecular weight is 593 g/mol. The van der Waals surface area contributed by atoms with Crippen LogP contribution in [-0.2, 0) is 9.47 Å². The lowest BCUT2D eigenvalue weighted by molar-refractivity contribution is 0.101. The fraction of sp³-hybridized carbons (Fsp3) is 0.500. The molecule has 7 nitrogen and oxygen atoms in total. The Morgan fingerprint density at radius 2 is 1.11 bits per heavy atom. The molecular formula is C30H42BrNO6. The number of halogens is 1. The molecule has 0 fully saturated rings. The normalized spacial score (nSPS) is 9.79. The van der Waals surface area contributed by atoms with Gasteiger partial charge in [-0.15, -0.1) is 0 Å². The number of nitriles is 1. The summed E-state index contributed by atoms with van der Waals surface area (Å²) in [5.74, 6) is 1.84. The van der Waals surface area contributed by atoms with Crippen LogP contribution in [0.4, 0.5) is 0 Å². The lowest BCUT2D eigenvalue weighted by Gasteiger charge is -2.12. The van der Waals surface area contributed by atoms with Gasteiger partial charge < -0.3 is 18.9 Å². The van der Waals surface area contributed by atoms with Crippen molar-refractivity contribution in [2.24, 2.45) is 0 Å². The van der Waals surface area contributed by atoms with Crippen LogP contribution in [-0.4, -0.2) is 57.5 Å². The molecule has 0 amide bonds. The van der Waals surface area contributed by atoms with E-state index in [0.717, 1.165) is 57.7 Å². The molecule has 2 aromatic carbocycles. The third-order valence-corrected chi connectivity index (χ3v) is 5.80. The highest BCUT2D eigenvalue weighted by atomic mass is 79.9. The van der Waals surface area contributed by atoms with Crippen molar-refractivity contribution in [1.82, 2.24) is 0 Å². The minimum Gasteiger partial charge on any atom is -0.493 e. The predicted molar refractivity (Wildman–Crippen MR) is 155 cm³/mol. The van der Waals surface area contributed by atoms with E-state index in [1.165, 1.54) is 6.92 Å². The molecule has 0 unspecified atom stereocenters. The van der Waals surface area contributed by atoms with E-state index in [1.54, 1.807) is 27.2 Å². The zero-order valence-electron chi connectivity index (χ0n) is 24.0. The fourth-order valence-electron chi connectivity index (χ4n) is 3.86. The van der Waals surface area contributed by atoms with Gasteiger partial charge in [-0.05, 0) is 81.1 Å².